The van der Waals surface area contributed by atoms with Crippen molar-refractivity contribution in [3.8, 4) is 0 Å². The van der Waals surface area contributed by atoms with Crippen molar-refractivity contribution >= 4 is 18.4 Å². The van der Waals surface area contributed by atoms with Crippen LogP contribution in [0, 0.1) is 0 Å². The summed E-state index contributed by atoms with van der Waals surface area (Å²) in [7, 11) is -3.51. The molecular weight excluding hydrogens is 493 g/mol. The molecule has 0 spiro atoms. The van der Waals surface area contributed by atoms with E-state index in [1.54, 1.807) is 30.3 Å². The average molecular weight is 524 g/mol. The summed E-state index contributed by atoms with van der Waals surface area (Å²) in [6.45, 7) is 2.79. The summed E-state index contributed by atoms with van der Waals surface area (Å²) in [6.07, 6.45) is 2.84. The molecule has 0 amide bonds. The van der Waals surface area contributed by atoms with Gasteiger partial charge >= 0.3 is 5.69 Å². The van der Waals surface area contributed by atoms with Crippen LogP contribution in [0.2, 0.25) is 0 Å². The van der Waals surface area contributed by atoms with Crippen molar-refractivity contribution in [1.29, 1.82) is 0 Å². The predicted molar refractivity (Wildman–Crippen MR) is 130 cm³/mol. The number of rotatable bonds is 7. The Morgan fingerprint density at radius 1 is 1.14 bits per heavy atom. The van der Waals surface area contributed by atoms with E-state index >= 15 is 0 Å². The molecule has 190 valence electrons. The smallest absolute Gasteiger partial charge is 0.332 e. The molecule has 6 atom stereocenters. The summed E-state index contributed by atoms with van der Waals surface area (Å²) < 4.78 is 49.5. The average Bonchev–Trinajstić information content (AvgIpc) is 3.56. The van der Waals surface area contributed by atoms with E-state index in [2.05, 4.69) is 4.67 Å². The molecule has 1 aromatic heterocycles. The zero-order chi connectivity index (χ0) is 24.7. The molecule has 0 aliphatic carbocycles. The van der Waals surface area contributed by atoms with E-state index in [0.717, 1.165) is 24.0 Å². The number of benzene rings is 1. The first-order valence-corrected chi connectivity index (χ1v) is 14.7. The van der Waals surface area contributed by atoms with Crippen molar-refractivity contribution in [2.45, 2.75) is 68.1 Å². The normalized spacial score (nSPS) is 31.1. The number of aromatic nitrogens is 2. The third-order valence-corrected chi connectivity index (χ3v) is 10.5. The Bertz CT molecular complexity index is 1280. The van der Waals surface area contributed by atoms with Gasteiger partial charge in [-0.05, 0) is 31.4 Å². The molecule has 0 saturated carbocycles. The molecule has 3 fully saturated rings. The van der Waals surface area contributed by atoms with Crippen molar-refractivity contribution in [3.63, 3.8) is 0 Å². The van der Waals surface area contributed by atoms with Gasteiger partial charge in [0.05, 0.1) is 29.0 Å². The predicted octanol–water partition coefficient (Wildman–Crippen LogP) is 2.19. The molecule has 35 heavy (non-hydrogen) atoms. The Labute approximate surface area is 205 Å². The maximum Gasteiger partial charge on any atom is 0.332 e. The Morgan fingerprint density at radius 2 is 1.91 bits per heavy atom. The van der Waals surface area contributed by atoms with Crippen molar-refractivity contribution in [1.82, 2.24) is 13.8 Å². The lowest BCUT2D eigenvalue weighted by atomic mass is 10.1. The second-order valence-corrected chi connectivity index (χ2v) is 12.6. The number of nitrogens with zero attached hydrogens (tertiary/aromatic N) is 3. The molecular formula is C23H30N3O7PS. The number of hydrogen-bond donors (Lipinski definition) is 0. The van der Waals surface area contributed by atoms with Gasteiger partial charge in [0.25, 0.3) is 14.1 Å². The van der Waals surface area contributed by atoms with E-state index in [4.69, 9.17) is 13.8 Å². The molecule has 0 bridgehead atoms. The molecule has 0 radical (unpaired) electrons. The summed E-state index contributed by atoms with van der Waals surface area (Å²) in [5.41, 5.74) is -0.810. The number of ether oxygens (including phenoxy) is 1. The Morgan fingerprint density at radius 3 is 2.66 bits per heavy atom. The van der Waals surface area contributed by atoms with Gasteiger partial charge in [0.2, 0.25) is 0 Å². The summed E-state index contributed by atoms with van der Waals surface area (Å²) in [5, 5.41) is 0. The van der Waals surface area contributed by atoms with Crippen LogP contribution >= 0.6 is 8.53 Å². The molecule has 2 aromatic rings. The molecule has 3 aliphatic rings. The molecule has 10 nitrogen and oxygen atoms in total. The van der Waals surface area contributed by atoms with E-state index in [9.17, 15) is 18.0 Å². The fourth-order valence-corrected chi connectivity index (χ4v) is 8.63. The second-order valence-electron chi connectivity index (χ2n) is 9.17. The highest BCUT2D eigenvalue weighted by Crippen LogP contribution is 2.58. The minimum atomic E-state index is -3.49. The molecule has 3 saturated heterocycles. The van der Waals surface area contributed by atoms with Gasteiger partial charge < -0.3 is 13.8 Å². The zero-order valence-corrected chi connectivity index (χ0v) is 21.4. The van der Waals surface area contributed by atoms with E-state index < -0.39 is 36.4 Å². The Balaban J connectivity index is 1.31. The highest BCUT2D eigenvalue weighted by molar-refractivity contribution is 7.91. The summed E-state index contributed by atoms with van der Waals surface area (Å²) in [6, 6.07) is 9.80. The summed E-state index contributed by atoms with van der Waals surface area (Å²) in [5.74, 6) is -0.0885. The van der Waals surface area contributed by atoms with Crippen molar-refractivity contribution in [3.05, 3.63) is 63.4 Å². The quantitative estimate of drug-likeness (QED) is 0.508. The Kier molecular flexibility index (Phi) is 7.00. The largest absolute Gasteiger partial charge is 0.352 e. The van der Waals surface area contributed by atoms with E-state index in [-0.39, 0.29) is 29.6 Å². The van der Waals surface area contributed by atoms with Crippen molar-refractivity contribution in [2.75, 3.05) is 12.3 Å². The highest BCUT2D eigenvalue weighted by Gasteiger charge is 2.50. The molecule has 0 N–H and O–H groups in total. The Hall–Kier alpha value is -1.88. The van der Waals surface area contributed by atoms with Crippen molar-refractivity contribution in [2.24, 2.45) is 7.05 Å². The van der Waals surface area contributed by atoms with Crippen LogP contribution in [0.25, 0.3) is 0 Å². The van der Waals surface area contributed by atoms with E-state index in [0.29, 0.717) is 17.7 Å². The second kappa shape index (κ2) is 9.88. The van der Waals surface area contributed by atoms with Gasteiger partial charge in [-0.2, -0.15) is 0 Å². The van der Waals surface area contributed by atoms with Crippen LogP contribution in [-0.2, 0) is 30.7 Å². The lowest BCUT2D eigenvalue weighted by molar-refractivity contribution is -0.0193. The fourth-order valence-electron chi connectivity index (χ4n) is 5.04. The lowest BCUT2D eigenvalue weighted by Crippen LogP contribution is -2.38. The third-order valence-electron chi connectivity index (χ3n) is 6.96. The maximum absolute atomic E-state index is 13.0. The van der Waals surface area contributed by atoms with E-state index in [1.807, 2.05) is 6.92 Å². The summed E-state index contributed by atoms with van der Waals surface area (Å²) in [4.78, 5) is 24.7. The number of fused-ring (bicyclic) bond motifs is 1. The first-order chi connectivity index (χ1) is 16.8. The van der Waals surface area contributed by atoms with Crippen molar-refractivity contribution < 1.29 is 22.2 Å². The van der Waals surface area contributed by atoms with Crippen LogP contribution < -0.4 is 11.2 Å². The standard InChI is InChI=1S/C23H30N3O7PS/c1-3-18-19(14-22(31-18)25-13-11-21(27)24(2)23(25)28)32-34-26-12-7-10-17(26)20(33-34)15-35(29,30)16-8-5-4-6-9-16/h4-6,8-9,11,13,17-20,22H,3,7,10,12,14-15H2,1-2H3/t17-,18+,19?,20+,22+,34-/m0/s1. The first-order valence-electron chi connectivity index (χ1n) is 11.9. The highest BCUT2D eigenvalue weighted by atomic mass is 32.2. The molecule has 12 heteroatoms. The molecule has 1 aromatic carbocycles. The zero-order valence-electron chi connectivity index (χ0n) is 19.7. The van der Waals surface area contributed by atoms with Gasteiger partial charge in [-0.1, -0.05) is 25.1 Å². The minimum absolute atomic E-state index is 0.00376. The monoisotopic (exact) mass is 523 g/mol. The van der Waals surface area contributed by atoms with Gasteiger partial charge in [0.1, 0.15) is 6.23 Å². The number of sulfone groups is 1. The van der Waals surface area contributed by atoms with Crippen LogP contribution in [0.15, 0.2) is 57.1 Å². The SMILES string of the molecule is CC[C@H]1O[C@@H](n2ccc(=O)n(C)c2=O)CC1O[P@@]1O[C@H](CS(=O)(=O)c2ccccc2)[C@@H]2CCCN21. The third kappa shape index (κ3) is 4.77. The van der Waals surface area contributed by atoms with E-state index in [1.165, 1.54) is 23.9 Å². The van der Waals surface area contributed by atoms with Crippen LogP contribution in [0.4, 0.5) is 0 Å². The van der Waals surface area contributed by atoms with Crippen LogP contribution in [0.3, 0.4) is 0 Å². The van der Waals surface area contributed by atoms with Gasteiger partial charge in [-0.3, -0.25) is 13.9 Å². The maximum atomic E-state index is 13.0. The van der Waals surface area contributed by atoms with Crippen LogP contribution in [-0.4, -0.2) is 58.9 Å². The molecule has 5 rings (SSSR count). The summed E-state index contributed by atoms with van der Waals surface area (Å²) >= 11 is 0. The van der Waals surface area contributed by atoms with Gasteiger partial charge in [-0.25, -0.2) is 17.9 Å². The van der Waals surface area contributed by atoms with Crippen LogP contribution in [0.1, 0.15) is 38.8 Å². The van der Waals surface area contributed by atoms with Gasteiger partial charge in [-0.15, -0.1) is 0 Å². The molecule has 3 aliphatic heterocycles. The fraction of sp³-hybridized carbons (Fsp3) is 0.565. The minimum Gasteiger partial charge on any atom is -0.352 e. The van der Waals surface area contributed by atoms with Crippen LogP contribution in [0.5, 0.6) is 0 Å². The first kappa shape index (κ1) is 24.8. The topological polar surface area (TPSA) is 109 Å². The lowest BCUT2D eigenvalue weighted by Gasteiger charge is -2.25. The molecule has 4 heterocycles. The molecule has 1 unspecified atom stereocenters. The van der Waals surface area contributed by atoms with Gasteiger partial charge in [0, 0.05) is 38.3 Å². The number of hydrogen-bond acceptors (Lipinski definition) is 8. The van der Waals surface area contributed by atoms with Gasteiger partial charge in [0.15, 0.2) is 9.84 Å².